The lowest BCUT2D eigenvalue weighted by atomic mass is 10.1. The summed E-state index contributed by atoms with van der Waals surface area (Å²) in [6, 6.07) is 21.2. The van der Waals surface area contributed by atoms with Crippen LogP contribution in [0.1, 0.15) is 0 Å². The van der Waals surface area contributed by atoms with Crippen LogP contribution in [0.15, 0.2) is 77.7 Å². The van der Waals surface area contributed by atoms with E-state index in [2.05, 4.69) is 0 Å². The highest BCUT2D eigenvalue weighted by molar-refractivity contribution is 7.89. The fourth-order valence-corrected chi connectivity index (χ4v) is 2.35. The normalized spacial score (nSPS) is 10.7. The van der Waals surface area contributed by atoms with Crippen LogP contribution in [0.25, 0.3) is 10.8 Å². The van der Waals surface area contributed by atoms with Crippen molar-refractivity contribution < 1.29 is 13.5 Å². The van der Waals surface area contributed by atoms with E-state index in [0.29, 0.717) is 5.75 Å². The minimum atomic E-state index is -3.50. The Bertz CT molecular complexity index is 825. The number of primary sulfonamides is 1. The summed E-state index contributed by atoms with van der Waals surface area (Å²) in [5.41, 5.74) is 0. The standard InChI is InChI=1S/C10H8O.C6H7NO2S/c11-10-7-3-5-8-4-1-2-6-9(8)10;7-10(8,9)6-4-2-1-3-5-6/h1-7,11H;1-5H,(H2,7,8,9). The molecule has 3 rings (SSSR count). The maximum absolute atomic E-state index is 10.6. The molecule has 108 valence electrons. The smallest absolute Gasteiger partial charge is 0.238 e. The van der Waals surface area contributed by atoms with E-state index in [1.54, 1.807) is 24.3 Å². The van der Waals surface area contributed by atoms with Crippen molar-refractivity contribution in [3.05, 3.63) is 72.8 Å². The van der Waals surface area contributed by atoms with Crippen molar-refractivity contribution in [2.45, 2.75) is 4.90 Å². The number of hydrogen-bond donors (Lipinski definition) is 2. The number of phenolic OH excluding ortho intramolecular Hbond substituents is 1. The quantitative estimate of drug-likeness (QED) is 0.725. The number of fused-ring (bicyclic) bond motifs is 1. The molecule has 3 aromatic rings. The summed E-state index contributed by atoms with van der Waals surface area (Å²) in [5.74, 6) is 0.350. The van der Waals surface area contributed by atoms with Gasteiger partial charge >= 0.3 is 0 Å². The van der Waals surface area contributed by atoms with Gasteiger partial charge < -0.3 is 5.11 Å². The van der Waals surface area contributed by atoms with Gasteiger partial charge in [-0.1, -0.05) is 54.6 Å². The maximum atomic E-state index is 10.6. The first-order valence-corrected chi connectivity index (χ1v) is 7.78. The molecular weight excluding hydrogens is 286 g/mol. The topological polar surface area (TPSA) is 80.4 Å². The van der Waals surface area contributed by atoms with Crippen molar-refractivity contribution >= 4 is 20.8 Å². The van der Waals surface area contributed by atoms with Crippen LogP contribution in [0.5, 0.6) is 5.75 Å². The third-order valence-electron chi connectivity index (χ3n) is 2.84. The molecule has 3 N–H and O–H groups in total. The second-order valence-corrected chi connectivity index (χ2v) is 5.92. The number of phenols is 1. The molecule has 0 amide bonds. The zero-order valence-corrected chi connectivity index (χ0v) is 12.0. The number of aromatic hydroxyl groups is 1. The molecule has 0 unspecified atom stereocenters. The van der Waals surface area contributed by atoms with Gasteiger partial charge in [-0.15, -0.1) is 0 Å². The molecule has 0 aromatic heterocycles. The van der Waals surface area contributed by atoms with Crippen LogP contribution in [0.3, 0.4) is 0 Å². The van der Waals surface area contributed by atoms with Gasteiger partial charge in [-0.3, -0.25) is 0 Å². The van der Waals surface area contributed by atoms with E-state index in [0.717, 1.165) is 10.8 Å². The van der Waals surface area contributed by atoms with Crippen LogP contribution < -0.4 is 5.14 Å². The Hall–Kier alpha value is -2.37. The Morgan fingerprint density at radius 3 is 1.90 bits per heavy atom. The van der Waals surface area contributed by atoms with Gasteiger partial charge in [0.2, 0.25) is 10.0 Å². The van der Waals surface area contributed by atoms with Crippen LogP contribution in [0.2, 0.25) is 0 Å². The van der Waals surface area contributed by atoms with Gasteiger partial charge in [0.1, 0.15) is 5.75 Å². The molecule has 0 atom stereocenters. The first-order chi connectivity index (χ1) is 9.98. The SMILES string of the molecule is NS(=O)(=O)c1ccccc1.Oc1cccc2ccccc12. The number of rotatable bonds is 1. The van der Waals surface area contributed by atoms with Crippen molar-refractivity contribution in [3.8, 4) is 5.75 Å². The third-order valence-corrected chi connectivity index (χ3v) is 3.77. The van der Waals surface area contributed by atoms with Gasteiger partial charge in [0.25, 0.3) is 0 Å². The predicted octanol–water partition coefficient (Wildman–Crippen LogP) is 2.88. The molecule has 0 aliphatic carbocycles. The lowest BCUT2D eigenvalue weighted by molar-refractivity contribution is 0.481. The Morgan fingerprint density at radius 2 is 1.33 bits per heavy atom. The molecular formula is C16H15NO3S. The van der Waals surface area contributed by atoms with E-state index in [1.165, 1.54) is 12.1 Å². The van der Waals surface area contributed by atoms with E-state index in [9.17, 15) is 13.5 Å². The van der Waals surface area contributed by atoms with Gasteiger partial charge in [0, 0.05) is 5.39 Å². The molecule has 3 aromatic carbocycles. The number of benzene rings is 3. The predicted molar refractivity (Wildman–Crippen MR) is 83.4 cm³/mol. The summed E-state index contributed by atoms with van der Waals surface area (Å²) in [6.45, 7) is 0. The molecule has 4 nitrogen and oxygen atoms in total. The molecule has 21 heavy (non-hydrogen) atoms. The molecule has 0 heterocycles. The van der Waals surface area contributed by atoms with Crippen molar-refractivity contribution in [1.29, 1.82) is 0 Å². The van der Waals surface area contributed by atoms with Crippen molar-refractivity contribution in [2.75, 3.05) is 0 Å². The number of nitrogens with two attached hydrogens (primary N) is 1. The van der Waals surface area contributed by atoms with E-state index in [1.807, 2.05) is 36.4 Å². The summed E-state index contributed by atoms with van der Waals surface area (Å²) in [4.78, 5) is 0.148. The molecule has 0 spiro atoms. The monoisotopic (exact) mass is 301 g/mol. The number of sulfonamides is 1. The third kappa shape index (κ3) is 4.05. The lowest BCUT2D eigenvalue weighted by Crippen LogP contribution is -2.11. The minimum absolute atomic E-state index is 0.148. The summed E-state index contributed by atoms with van der Waals surface area (Å²) in [7, 11) is -3.50. The van der Waals surface area contributed by atoms with Crippen molar-refractivity contribution in [3.63, 3.8) is 0 Å². The van der Waals surface area contributed by atoms with E-state index >= 15 is 0 Å². The van der Waals surface area contributed by atoms with E-state index in [4.69, 9.17) is 5.14 Å². The largest absolute Gasteiger partial charge is 0.507 e. The highest BCUT2D eigenvalue weighted by Gasteiger charge is 2.03. The zero-order valence-electron chi connectivity index (χ0n) is 11.2. The Morgan fingerprint density at radius 1 is 0.762 bits per heavy atom. The highest BCUT2D eigenvalue weighted by atomic mass is 32.2. The summed E-state index contributed by atoms with van der Waals surface area (Å²) < 4.78 is 21.2. The summed E-state index contributed by atoms with van der Waals surface area (Å²) in [5, 5.41) is 16.2. The first-order valence-electron chi connectivity index (χ1n) is 6.23. The average Bonchev–Trinajstić information content (AvgIpc) is 2.49. The van der Waals surface area contributed by atoms with Crippen LogP contribution in [-0.2, 0) is 10.0 Å². The Kier molecular flexibility index (Phi) is 4.57. The maximum Gasteiger partial charge on any atom is 0.238 e. The molecule has 5 heteroatoms. The van der Waals surface area contributed by atoms with E-state index < -0.39 is 10.0 Å². The van der Waals surface area contributed by atoms with E-state index in [-0.39, 0.29) is 4.90 Å². The van der Waals surface area contributed by atoms with Crippen molar-refractivity contribution in [1.82, 2.24) is 0 Å². The van der Waals surface area contributed by atoms with Gasteiger partial charge in [0.05, 0.1) is 4.90 Å². The number of hydrogen-bond acceptors (Lipinski definition) is 3. The molecule has 0 fully saturated rings. The van der Waals surface area contributed by atoms with Gasteiger partial charge in [0.15, 0.2) is 0 Å². The molecule has 0 radical (unpaired) electrons. The highest BCUT2D eigenvalue weighted by Crippen LogP contribution is 2.22. The van der Waals surface area contributed by atoms with Crippen molar-refractivity contribution in [2.24, 2.45) is 5.14 Å². The van der Waals surface area contributed by atoms with Crippen LogP contribution in [0, 0.1) is 0 Å². The average molecular weight is 301 g/mol. The summed E-state index contributed by atoms with van der Waals surface area (Å²) >= 11 is 0. The second kappa shape index (κ2) is 6.39. The lowest BCUT2D eigenvalue weighted by Gasteiger charge is -1.97. The zero-order chi connectivity index (χ0) is 15.3. The van der Waals surface area contributed by atoms with Crippen LogP contribution in [-0.4, -0.2) is 13.5 Å². The minimum Gasteiger partial charge on any atom is -0.507 e. The molecule has 0 saturated carbocycles. The molecule has 0 saturated heterocycles. The fraction of sp³-hybridized carbons (Fsp3) is 0. The van der Waals surface area contributed by atoms with Crippen LogP contribution in [0.4, 0.5) is 0 Å². The Balaban J connectivity index is 0.000000155. The molecule has 0 aliphatic heterocycles. The second-order valence-electron chi connectivity index (χ2n) is 4.36. The van der Waals surface area contributed by atoms with Gasteiger partial charge in [-0.25, -0.2) is 13.6 Å². The first kappa shape index (κ1) is 15.0. The van der Waals surface area contributed by atoms with Gasteiger partial charge in [-0.2, -0.15) is 0 Å². The van der Waals surface area contributed by atoms with Crippen LogP contribution >= 0.6 is 0 Å². The fourth-order valence-electron chi connectivity index (χ4n) is 1.82. The summed E-state index contributed by atoms with van der Waals surface area (Å²) in [6.07, 6.45) is 0. The molecule has 0 bridgehead atoms. The molecule has 0 aliphatic rings. The van der Waals surface area contributed by atoms with Gasteiger partial charge in [-0.05, 0) is 23.6 Å². The Labute approximate surface area is 123 Å².